The first-order valence-corrected chi connectivity index (χ1v) is 11.0. The third-order valence-electron chi connectivity index (χ3n) is 5.64. The normalized spacial score (nSPS) is 11.1. The highest BCUT2D eigenvalue weighted by Crippen LogP contribution is 2.38. The molecule has 0 aliphatic carbocycles. The molecule has 0 N–H and O–H groups in total. The van der Waals surface area contributed by atoms with Gasteiger partial charge in [-0.05, 0) is 71.8 Å². The predicted molar refractivity (Wildman–Crippen MR) is 129 cm³/mol. The van der Waals surface area contributed by atoms with Gasteiger partial charge in [0.25, 0.3) is 0 Å². The van der Waals surface area contributed by atoms with Gasteiger partial charge in [0.2, 0.25) is 23.6 Å². The van der Waals surface area contributed by atoms with Crippen molar-refractivity contribution in [3.8, 4) is 56.9 Å². The van der Waals surface area contributed by atoms with Gasteiger partial charge >= 0.3 is 0 Å². The Morgan fingerprint density at radius 1 is 0.389 bits per heavy atom. The first-order chi connectivity index (χ1) is 17.7. The molecule has 6 rings (SSSR count). The Bertz CT molecular complexity index is 1530. The van der Waals surface area contributed by atoms with Crippen LogP contribution in [0.1, 0.15) is 0 Å². The lowest BCUT2D eigenvalue weighted by Crippen LogP contribution is -1.89. The molecule has 0 amide bonds. The molecule has 0 bridgehead atoms. The second kappa shape index (κ2) is 8.99. The van der Waals surface area contributed by atoms with Gasteiger partial charge in [0, 0.05) is 22.3 Å². The van der Waals surface area contributed by atoms with E-state index in [0.29, 0.717) is 34.0 Å². The first-order valence-electron chi connectivity index (χ1n) is 11.0. The minimum absolute atomic E-state index is 0.286. The minimum Gasteiger partial charge on any atom is -0.416 e. The molecule has 0 aliphatic rings. The molecule has 174 valence electrons. The van der Waals surface area contributed by atoms with Gasteiger partial charge in [0.05, 0.1) is 0 Å². The summed E-state index contributed by atoms with van der Waals surface area (Å²) in [5.41, 5.74) is 4.31. The fourth-order valence-corrected chi connectivity index (χ4v) is 3.89. The maximum absolute atomic E-state index is 13.3. The van der Waals surface area contributed by atoms with Crippen molar-refractivity contribution in [3.05, 3.63) is 109 Å². The summed E-state index contributed by atoms with van der Waals surface area (Å²) in [5, 5.41) is 16.8. The van der Waals surface area contributed by atoms with Crippen LogP contribution in [0, 0.1) is 11.6 Å². The Kier molecular flexibility index (Phi) is 5.38. The summed E-state index contributed by atoms with van der Waals surface area (Å²) in [7, 11) is 0. The van der Waals surface area contributed by atoms with E-state index in [1.807, 2.05) is 48.5 Å². The fourth-order valence-electron chi connectivity index (χ4n) is 3.89. The van der Waals surface area contributed by atoms with Crippen LogP contribution in [0.4, 0.5) is 8.78 Å². The second-order valence-electron chi connectivity index (χ2n) is 7.93. The Morgan fingerprint density at radius 3 is 1.11 bits per heavy atom. The van der Waals surface area contributed by atoms with Gasteiger partial charge in [0.1, 0.15) is 11.6 Å². The van der Waals surface area contributed by atoms with E-state index in [1.54, 1.807) is 24.3 Å². The molecular weight excluding hydrogens is 462 g/mol. The molecule has 0 fully saturated rings. The van der Waals surface area contributed by atoms with Gasteiger partial charge in [-0.15, -0.1) is 20.4 Å². The van der Waals surface area contributed by atoms with Crippen LogP contribution in [0.5, 0.6) is 0 Å². The van der Waals surface area contributed by atoms with Crippen LogP contribution in [0.15, 0.2) is 106 Å². The van der Waals surface area contributed by atoms with Gasteiger partial charge in [-0.25, -0.2) is 8.78 Å². The van der Waals surface area contributed by atoms with Crippen LogP contribution < -0.4 is 0 Å². The number of rotatable bonds is 5. The van der Waals surface area contributed by atoms with E-state index < -0.39 is 0 Å². The topological polar surface area (TPSA) is 77.8 Å². The molecule has 2 heterocycles. The maximum Gasteiger partial charge on any atom is 0.248 e. The Labute approximate surface area is 203 Å². The summed E-state index contributed by atoms with van der Waals surface area (Å²) in [6, 6.07) is 26.9. The number of benzene rings is 4. The average Bonchev–Trinajstić information content (AvgIpc) is 3.61. The summed E-state index contributed by atoms with van der Waals surface area (Å²) in [5.74, 6) is 0.519. The van der Waals surface area contributed by atoms with E-state index >= 15 is 0 Å². The molecule has 0 aliphatic heterocycles. The quantitative estimate of drug-likeness (QED) is 0.264. The van der Waals surface area contributed by atoms with Crippen molar-refractivity contribution < 1.29 is 17.6 Å². The molecule has 6 aromatic rings. The summed E-state index contributed by atoms with van der Waals surface area (Å²) in [4.78, 5) is 0. The van der Waals surface area contributed by atoms with E-state index in [2.05, 4.69) is 20.4 Å². The highest BCUT2D eigenvalue weighted by molar-refractivity contribution is 5.88. The predicted octanol–water partition coefficient (Wildman–Crippen LogP) is 7.07. The molecule has 2 aromatic heterocycles. The highest BCUT2D eigenvalue weighted by Gasteiger charge is 2.20. The van der Waals surface area contributed by atoms with Crippen LogP contribution >= 0.6 is 0 Å². The summed E-state index contributed by atoms with van der Waals surface area (Å²) < 4.78 is 38.5. The molecule has 0 atom stereocenters. The Morgan fingerprint density at radius 2 is 0.722 bits per heavy atom. The Hall–Kier alpha value is -4.98. The minimum atomic E-state index is -0.343. The number of halogens is 2. The van der Waals surface area contributed by atoms with Gasteiger partial charge in [0.15, 0.2) is 0 Å². The molecular formula is C28H16F2N4O2. The lowest BCUT2D eigenvalue weighted by atomic mass is 9.95. The molecule has 4 aromatic carbocycles. The van der Waals surface area contributed by atoms with Crippen molar-refractivity contribution in [1.82, 2.24) is 20.4 Å². The van der Waals surface area contributed by atoms with Gasteiger partial charge in [-0.1, -0.05) is 36.4 Å². The van der Waals surface area contributed by atoms with E-state index in [0.717, 1.165) is 11.1 Å². The molecule has 0 spiro atoms. The van der Waals surface area contributed by atoms with Crippen LogP contribution in [-0.4, -0.2) is 20.4 Å². The summed E-state index contributed by atoms with van der Waals surface area (Å²) >= 11 is 0. The van der Waals surface area contributed by atoms with Crippen molar-refractivity contribution in [3.63, 3.8) is 0 Å². The number of nitrogens with zero attached hydrogens (tertiary/aromatic N) is 4. The number of hydrogen-bond acceptors (Lipinski definition) is 6. The average molecular weight is 478 g/mol. The molecule has 0 saturated heterocycles. The van der Waals surface area contributed by atoms with Crippen molar-refractivity contribution >= 4 is 0 Å². The zero-order valence-corrected chi connectivity index (χ0v) is 18.6. The van der Waals surface area contributed by atoms with Crippen LogP contribution in [0.25, 0.3) is 56.9 Å². The molecule has 0 saturated carbocycles. The smallest absolute Gasteiger partial charge is 0.248 e. The summed E-state index contributed by atoms with van der Waals surface area (Å²) in [6.45, 7) is 0. The number of aromatic nitrogens is 4. The van der Waals surface area contributed by atoms with E-state index in [-0.39, 0.29) is 23.4 Å². The molecule has 0 radical (unpaired) electrons. The first kappa shape index (κ1) is 21.5. The second-order valence-corrected chi connectivity index (χ2v) is 7.93. The summed E-state index contributed by atoms with van der Waals surface area (Å²) in [6.07, 6.45) is 0. The van der Waals surface area contributed by atoms with Crippen LogP contribution in [-0.2, 0) is 0 Å². The van der Waals surface area contributed by atoms with Crippen molar-refractivity contribution in [1.29, 1.82) is 0 Å². The largest absolute Gasteiger partial charge is 0.416 e. The zero-order chi connectivity index (χ0) is 24.5. The Balaban J connectivity index is 1.40. The van der Waals surface area contributed by atoms with Gasteiger partial charge in [-0.3, -0.25) is 0 Å². The third-order valence-corrected chi connectivity index (χ3v) is 5.64. The lowest BCUT2D eigenvalue weighted by Gasteiger charge is -2.10. The lowest BCUT2D eigenvalue weighted by molar-refractivity contribution is 0.583. The zero-order valence-electron chi connectivity index (χ0n) is 18.6. The monoisotopic (exact) mass is 478 g/mol. The fraction of sp³-hybridized carbons (Fsp3) is 0. The van der Waals surface area contributed by atoms with E-state index in [1.165, 1.54) is 24.3 Å². The van der Waals surface area contributed by atoms with Crippen molar-refractivity contribution in [2.75, 3.05) is 0 Å². The molecule has 6 nitrogen and oxygen atoms in total. The van der Waals surface area contributed by atoms with Crippen molar-refractivity contribution in [2.45, 2.75) is 0 Å². The van der Waals surface area contributed by atoms with E-state index in [4.69, 9.17) is 8.83 Å². The SMILES string of the molecule is Fc1ccc(-c2nnc(-c3ccccc3-c3ccccc3-c3nnc(-c4ccc(F)cc4)o3)o2)cc1. The van der Waals surface area contributed by atoms with Gasteiger partial charge < -0.3 is 8.83 Å². The van der Waals surface area contributed by atoms with Crippen LogP contribution in [0.3, 0.4) is 0 Å². The van der Waals surface area contributed by atoms with E-state index in [9.17, 15) is 8.78 Å². The number of hydrogen-bond donors (Lipinski definition) is 0. The molecule has 36 heavy (non-hydrogen) atoms. The molecule has 8 heteroatoms. The third kappa shape index (κ3) is 4.05. The molecule has 0 unspecified atom stereocenters. The van der Waals surface area contributed by atoms with Gasteiger partial charge in [-0.2, -0.15) is 0 Å². The van der Waals surface area contributed by atoms with Crippen LogP contribution in [0.2, 0.25) is 0 Å². The maximum atomic E-state index is 13.3. The highest BCUT2D eigenvalue weighted by atomic mass is 19.1. The standard InChI is InChI=1S/C28H16F2N4O2/c29-19-13-9-17(10-14-19)25-31-33-27(35-25)23-7-3-1-5-21(23)22-6-2-4-8-24(22)28-34-32-26(36-28)18-11-15-20(30)16-12-18/h1-16H. The van der Waals surface area contributed by atoms with Crippen molar-refractivity contribution in [2.24, 2.45) is 0 Å².